The molecule has 5 heteroatoms. The summed E-state index contributed by atoms with van der Waals surface area (Å²) in [6, 6.07) is 7.96. The van der Waals surface area contributed by atoms with E-state index >= 15 is 0 Å². The van der Waals surface area contributed by atoms with Gasteiger partial charge in [0.25, 0.3) is 0 Å². The van der Waals surface area contributed by atoms with Crippen LogP contribution in [0.15, 0.2) is 36.9 Å². The summed E-state index contributed by atoms with van der Waals surface area (Å²) in [6.07, 6.45) is 4.94. The third-order valence-corrected chi connectivity index (χ3v) is 5.43. The Morgan fingerprint density at radius 1 is 1.30 bits per heavy atom. The number of aliphatic hydroxyl groups is 1. The molecule has 4 atom stereocenters. The second-order valence-electron chi connectivity index (χ2n) is 7.01. The van der Waals surface area contributed by atoms with Crippen molar-refractivity contribution in [2.75, 3.05) is 0 Å². The van der Waals surface area contributed by atoms with E-state index in [1.807, 2.05) is 16.8 Å². The Labute approximate surface area is 142 Å². The number of halogens is 1. The van der Waals surface area contributed by atoms with E-state index in [0.29, 0.717) is 11.8 Å². The van der Waals surface area contributed by atoms with Crippen LogP contribution in [0.4, 0.5) is 0 Å². The minimum absolute atomic E-state index is 0.231. The van der Waals surface area contributed by atoms with Gasteiger partial charge in [0.2, 0.25) is 0 Å². The molecule has 0 radical (unpaired) electrons. The molecular weight excluding hydrogens is 310 g/mol. The van der Waals surface area contributed by atoms with E-state index in [-0.39, 0.29) is 17.9 Å². The zero-order valence-electron chi connectivity index (χ0n) is 13.6. The van der Waals surface area contributed by atoms with E-state index in [1.165, 1.54) is 5.56 Å². The lowest BCUT2D eigenvalue weighted by Gasteiger charge is -2.25. The second-order valence-corrected chi connectivity index (χ2v) is 7.44. The van der Waals surface area contributed by atoms with Crippen LogP contribution < -0.4 is 0 Å². The van der Waals surface area contributed by atoms with Crippen molar-refractivity contribution in [3.8, 4) is 0 Å². The van der Waals surface area contributed by atoms with E-state index in [1.54, 1.807) is 12.7 Å². The Morgan fingerprint density at radius 3 is 2.65 bits per heavy atom. The maximum absolute atomic E-state index is 10.9. The summed E-state index contributed by atoms with van der Waals surface area (Å²) >= 11 is 5.96. The van der Waals surface area contributed by atoms with Gasteiger partial charge in [0, 0.05) is 17.5 Å². The Kier molecular flexibility index (Phi) is 5.02. The monoisotopic (exact) mass is 333 g/mol. The van der Waals surface area contributed by atoms with Crippen molar-refractivity contribution in [1.29, 1.82) is 0 Å². The van der Waals surface area contributed by atoms with Crippen molar-refractivity contribution in [1.82, 2.24) is 14.8 Å². The van der Waals surface area contributed by atoms with Gasteiger partial charge in [0.05, 0.1) is 6.10 Å². The highest BCUT2D eigenvalue weighted by molar-refractivity contribution is 6.30. The third kappa shape index (κ3) is 3.75. The summed E-state index contributed by atoms with van der Waals surface area (Å²) < 4.78 is 1.84. The molecule has 4 nitrogen and oxygen atoms in total. The summed E-state index contributed by atoms with van der Waals surface area (Å²) in [7, 11) is 0. The average Bonchev–Trinajstić information content (AvgIpc) is 3.13. The van der Waals surface area contributed by atoms with Gasteiger partial charge in [-0.25, -0.2) is 4.98 Å². The second kappa shape index (κ2) is 7.02. The topological polar surface area (TPSA) is 50.9 Å². The van der Waals surface area contributed by atoms with Crippen molar-refractivity contribution in [3.63, 3.8) is 0 Å². The summed E-state index contributed by atoms with van der Waals surface area (Å²) in [6.45, 7) is 5.23. The molecule has 1 N–H and O–H groups in total. The van der Waals surface area contributed by atoms with Crippen LogP contribution in [0.3, 0.4) is 0 Å². The fourth-order valence-corrected chi connectivity index (χ4v) is 4.07. The van der Waals surface area contributed by atoms with Gasteiger partial charge in [-0.1, -0.05) is 37.6 Å². The van der Waals surface area contributed by atoms with Crippen molar-refractivity contribution in [2.24, 2.45) is 23.7 Å². The van der Waals surface area contributed by atoms with Gasteiger partial charge in [0.1, 0.15) is 12.7 Å². The number of aromatic nitrogens is 3. The lowest BCUT2D eigenvalue weighted by molar-refractivity contribution is 0.0664. The molecule has 4 unspecified atom stereocenters. The van der Waals surface area contributed by atoms with Gasteiger partial charge >= 0.3 is 0 Å². The van der Waals surface area contributed by atoms with Crippen LogP contribution in [0.1, 0.15) is 25.8 Å². The molecule has 0 bridgehead atoms. The highest BCUT2D eigenvalue weighted by atomic mass is 35.5. The summed E-state index contributed by atoms with van der Waals surface area (Å²) in [5.41, 5.74) is 1.24. The molecule has 1 heterocycles. The highest BCUT2D eigenvalue weighted by Crippen LogP contribution is 2.43. The molecule has 3 rings (SSSR count). The van der Waals surface area contributed by atoms with Crippen LogP contribution in [-0.4, -0.2) is 26.0 Å². The molecule has 1 saturated carbocycles. The Balaban J connectivity index is 1.73. The van der Waals surface area contributed by atoms with E-state index < -0.39 is 0 Å². The fraction of sp³-hybridized carbons (Fsp3) is 0.556. The molecule has 2 aromatic rings. The van der Waals surface area contributed by atoms with Gasteiger partial charge in [0.15, 0.2) is 0 Å². The fourth-order valence-electron chi connectivity index (χ4n) is 3.95. The quantitative estimate of drug-likeness (QED) is 0.911. The summed E-state index contributed by atoms with van der Waals surface area (Å²) in [4.78, 5) is 4.01. The molecule has 0 amide bonds. The van der Waals surface area contributed by atoms with Crippen molar-refractivity contribution < 1.29 is 5.11 Å². The number of benzene rings is 1. The Hall–Kier alpha value is -1.39. The van der Waals surface area contributed by atoms with E-state index in [9.17, 15) is 5.11 Å². The number of hydrogen-bond acceptors (Lipinski definition) is 3. The highest BCUT2D eigenvalue weighted by Gasteiger charge is 2.43. The smallest absolute Gasteiger partial charge is 0.137 e. The molecular formula is C18H24ClN3O. The lowest BCUT2D eigenvalue weighted by atomic mass is 9.85. The minimum atomic E-state index is -0.303. The zero-order chi connectivity index (χ0) is 16.4. The van der Waals surface area contributed by atoms with Crippen molar-refractivity contribution >= 4 is 11.6 Å². The summed E-state index contributed by atoms with van der Waals surface area (Å²) in [5, 5.41) is 15.9. The number of aliphatic hydroxyl groups excluding tert-OH is 1. The zero-order valence-corrected chi connectivity index (χ0v) is 14.4. The summed E-state index contributed by atoms with van der Waals surface area (Å²) in [5.74, 6) is 1.57. The first-order valence-corrected chi connectivity index (χ1v) is 8.67. The Bertz CT molecular complexity index is 612. The molecule has 0 saturated heterocycles. The molecule has 0 aliphatic heterocycles. The number of hydrogen-bond donors (Lipinski definition) is 1. The molecule has 1 aliphatic carbocycles. The SMILES string of the molecule is CC(C)C1CC(Cc2ccc(Cl)cc2)C(O)C1Cn1cncn1. The van der Waals surface area contributed by atoms with Crippen LogP contribution >= 0.6 is 11.6 Å². The van der Waals surface area contributed by atoms with Crippen LogP contribution in [0.5, 0.6) is 0 Å². The minimum Gasteiger partial charge on any atom is -0.392 e. The maximum atomic E-state index is 10.9. The van der Waals surface area contributed by atoms with Crippen LogP contribution in [0.25, 0.3) is 0 Å². The molecule has 1 aliphatic rings. The third-order valence-electron chi connectivity index (χ3n) is 5.18. The van der Waals surface area contributed by atoms with Gasteiger partial charge < -0.3 is 5.11 Å². The first-order chi connectivity index (χ1) is 11.0. The largest absolute Gasteiger partial charge is 0.392 e. The molecule has 23 heavy (non-hydrogen) atoms. The normalized spacial score (nSPS) is 27.7. The van der Waals surface area contributed by atoms with Gasteiger partial charge in [-0.05, 0) is 48.3 Å². The molecule has 1 aromatic heterocycles. The van der Waals surface area contributed by atoms with E-state index in [4.69, 9.17) is 11.6 Å². The van der Waals surface area contributed by atoms with Crippen LogP contribution in [-0.2, 0) is 13.0 Å². The van der Waals surface area contributed by atoms with Crippen molar-refractivity contribution in [3.05, 3.63) is 47.5 Å². The van der Waals surface area contributed by atoms with Crippen molar-refractivity contribution in [2.45, 2.75) is 39.3 Å². The predicted molar refractivity (Wildman–Crippen MR) is 91.1 cm³/mol. The lowest BCUT2D eigenvalue weighted by Crippen LogP contribution is -2.29. The van der Waals surface area contributed by atoms with E-state index in [2.05, 4.69) is 36.1 Å². The van der Waals surface area contributed by atoms with Crippen LogP contribution in [0, 0.1) is 23.7 Å². The predicted octanol–water partition coefficient (Wildman–Crippen LogP) is 3.44. The maximum Gasteiger partial charge on any atom is 0.137 e. The Morgan fingerprint density at radius 2 is 2.04 bits per heavy atom. The van der Waals surface area contributed by atoms with Gasteiger partial charge in [-0.15, -0.1) is 0 Å². The first-order valence-electron chi connectivity index (χ1n) is 8.29. The number of rotatable bonds is 5. The average molecular weight is 334 g/mol. The first kappa shape index (κ1) is 16.5. The number of nitrogens with zero attached hydrogens (tertiary/aromatic N) is 3. The molecule has 124 valence electrons. The van der Waals surface area contributed by atoms with Gasteiger partial charge in [-0.2, -0.15) is 5.10 Å². The van der Waals surface area contributed by atoms with E-state index in [0.717, 1.165) is 24.4 Å². The van der Waals surface area contributed by atoms with Crippen LogP contribution in [0.2, 0.25) is 5.02 Å². The van der Waals surface area contributed by atoms with Gasteiger partial charge in [-0.3, -0.25) is 4.68 Å². The molecule has 0 spiro atoms. The molecule has 1 fully saturated rings. The standard InChI is InChI=1S/C18H24ClN3O/c1-12(2)16-8-14(7-13-3-5-15(19)6-4-13)18(23)17(16)9-22-11-20-10-21-22/h3-6,10-12,14,16-18,23H,7-9H2,1-2H3. The molecule has 1 aromatic carbocycles.